The highest BCUT2D eigenvalue weighted by molar-refractivity contribution is 6.10. The van der Waals surface area contributed by atoms with Gasteiger partial charge in [-0.15, -0.1) is 0 Å². The molecule has 8 heteroatoms. The number of nitro groups is 2. The molecule has 0 fully saturated rings. The van der Waals surface area contributed by atoms with Crippen molar-refractivity contribution in [2.24, 2.45) is 5.92 Å². The lowest BCUT2D eigenvalue weighted by Crippen LogP contribution is -2.37. The number of ketones is 2. The molecule has 0 radical (unpaired) electrons. The van der Waals surface area contributed by atoms with Crippen molar-refractivity contribution in [2.45, 2.75) is 25.8 Å². The summed E-state index contributed by atoms with van der Waals surface area (Å²) in [5.41, 5.74) is 0.425. The van der Waals surface area contributed by atoms with Crippen LogP contribution in [0.5, 0.6) is 0 Å². The van der Waals surface area contributed by atoms with Crippen LogP contribution in [0.4, 0.5) is 5.69 Å². The number of rotatable bonds is 8. The second-order valence-electron chi connectivity index (χ2n) is 6.22. The summed E-state index contributed by atoms with van der Waals surface area (Å²) in [6.07, 6.45) is 0. The van der Waals surface area contributed by atoms with E-state index >= 15 is 0 Å². The molecule has 0 amide bonds. The maximum atomic E-state index is 13.0. The summed E-state index contributed by atoms with van der Waals surface area (Å²) >= 11 is 0. The van der Waals surface area contributed by atoms with Gasteiger partial charge in [-0.2, -0.15) is 0 Å². The maximum Gasteiger partial charge on any atom is 0.269 e. The zero-order valence-corrected chi connectivity index (χ0v) is 14.8. The number of Topliss-reactive ketones (excluding diaryl/α,β-unsaturated/α-hetero) is 2. The van der Waals surface area contributed by atoms with Gasteiger partial charge in [0.05, 0.1) is 16.8 Å². The zero-order chi connectivity index (χ0) is 20.1. The number of carbonyl (C=O) groups excluding carboxylic acids is 2. The number of hydrogen-bond acceptors (Lipinski definition) is 6. The first-order valence-corrected chi connectivity index (χ1v) is 8.21. The van der Waals surface area contributed by atoms with E-state index in [1.807, 2.05) is 0 Å². The van der Waals surface area contributed by atoms with Crippen molar-refractivity contribution in [3.63, 3.8) is 0 Å². The summed E-state index contributed by atoms with van der Waals surface area (Å²) in [5, 5.41) is 22.3. The lowest BCUT2D eigenvalue weighted by atomic mass is 9.75. The van der Waals surface area contributed by atoms with Crippen molar-refractivity contribution in [2.75, 3.05) is 0 Å². The summed E-state index contributed by atoms with van der Waals surface area (Å²) in [5.74, 6) is -3.33. The van der Waals surface area contributed by atoms with Crippen LogP contribution in [0, 0.1) is 26.1 Å². The summed E-state index contributed by atoms with van der Waals surface area (Å²) in [4.78, 5) is 46.4. The van der Waals surface area contributed by atoms with Gasteiger partial charge in [0.15, 0.2) is 5.78 Å². The minimum absolute atomic E-state index is 0.181. The van der Waals surface area contributed by atoms with Crippen LogP contribution in [0.3, 0.4) is 0 Å². The monoisotopic (exact) mass is 370 g/mol. The molecule has 0 aliphatic carbocycles. The number of nitro benzene ring substituents is 1. The number of non-ortho nitro benzene ring substituents is 1. The third-order valence-corrected chi connectivity index (χ3v) is 4.48. The molecule has 27 heavy (non-hydrogen) atoms. The quantitative estimate of drug-likeness (QED) is 0.304. The van der Waals surface area contributed by atoms with Crippen LogP contribution in [-0.4, -0.2) is 27.5 Å². The van der Waals surface area contributed by atoms with Crippen molar-refractivity contribution in [3.05, 3.63) is 86.0 Å². The molecule has 0 N–H and O–H groups in total. The van der Waals surface area contributed by atoms with Crippen molar-refractivity contribution < 1.29 is 19.4 Å². The SMILES string of the molecule is CC(=O)[C@H](C(=O)c1ccccc1)[C@@H](c1ccc([N+](=O)[O-])cc1)[C@@H](C)[N+](=O)[O-]. The highest BCUT2D eigenvalue weighted by atomic mass is 16.6. The Hall–Kier alpha value is -3.42. The van der Waals surface area contributed by atoms with Gasteiger partial charge in [-0.3, -0.25) is 29.8 Å². The zero-order valence-electron chi connectivity index (χ0n) is 14.8. The van der Waals surface area contributed by atoms with E-state index in [0.29, 0.717) is 5.56 Å². The Kier molecular flexibility index (Phi) is 6.12. The normalized spacial score (nSPS) is 14.0. The molecular weight excluding hydrogens is 352 g/mol. The third-order valence-electron chi connectivity index (χ3n) is 4.48. The summed E-state index contributed by atoms with van der Waals surface area (Å²) < 4.78 is 0. The molecule has 0 aliphatic rings. The van der Waals surface area contributed by atoms with E-state index < -0.39 is 39.3 Å². The second kappa shape index (κ2) is 8.31. The number of hydrogen-bond donors (Lipinski definition) is 0. The van der Waals surface area contributed by atoms with Crippen molar-refractivity contribution in [1.82, 2.24) is 0 Å². The van der Waals surface area contributed by atoms with Crippen LogP contribution in [0.25, 0.3) is 0 Å². The van der Waals surface area contributed by atoms with Gasteiger partial charge < -0.3 is 0 Å². The molecule has 0 heterocycles. The smallest absolute Gasteiger partial charge is 0.269 e. The lowest BCUT2D eigenvalue weighted by Gasteiger charge is -2.25. The first-order chi connectivity index (χ1) is 12.7. The molecule has 8 nitrogen and oxygen atoms in total. The molecule has 140 valence electrons. The highest BCUT2D eigenvalue weighted by Crippen LogP contribution is 2.34. The predicted molar refractivity (Wildman–Crippen MR) is 97.2 cm³/mol. The molecule has 3 atom stereocenters. The van der Waals surface area contributed by atoms with Gasteiger partial charge in [0, 0.05) is 29.5 Å². The Labute approximate surface area is 155 Å². The van der Waals surface area contributed by atoms with Crippen molar-refractivity contribution in [1.29, 1.82) is 0 Å². The van der Waals surface area contributed by atoms with Crippen LogP contribution in [-0.2, 0) is 4.79 Å². The molecule has 0 saturated carbocycles. The van der Waals surface area contributed by atoms with E-state index in [2.05, 4.69) is 0 Å². The van der Waals surface area contributed by atoms with Crippen LogP contribution in [0.1, 0.15) is 35.7 Å². The molecule has 2 aromatic rings. The van der Waals surface area contributed by atoms with Gasteiger partial charge in [-0.25, -0.2) is 0 Å². The second-order valence-corrected chi connectivity index (χ2v) is 6.22. The van der Waals surface area contributed by atoms with Gasteiger partial charge >= 0.3 is 0 Å². The fourth-order valence-electron chi connectivity index (χ4n) is 3.08. The minimum Gasteiger partial charge on any atom is -0.299 e. The van der Waals surface area contributed by atoms with Gasteiger partial charge in [0.1, 0.15) is 5.78 Å². The first-order valence-electron chi connectivity index (χ1n) is 8.21. The fourth-order valence-corrected chi connectivity index (χ4v) is 3.08. The molecular formula is C19H18N2O6. The van der Waals surface area contributed by atoms with E-state index in [1.165, 1.54) is 38.1 Å². The Morgan fingerprint density at radius 2 is 1.48 bits per heavy atom. The van der Waals surface area contributed by atoms with Gasteiger partial charge in [0.25, 0.3) is 5.69 Å². The summed E-state index contributed by atoms with van der Waals surface area (Å²) in [6, 6.07) is 12.0. The summed E-state index contributed by atoms with van der Waals surface area (Å²) in [6.45, 7) is 2.54. The van der Waals surface area contributed by atoms with Gasteiger partial charge in [0.2, 0.25) is 6.04 Å². The number of nitrogens with zero attached hydrogens (tertiary/aromatic N) is 2. The first kappa shape index (κ1) is 19.9. The Balaban J connectivity index is 2.55. The fraction of sp³-hybridized carbons (Fsp3) is 0.263. The minimum atomic E-state index is -1.27. The topological polar surface area (TPSA) is 120 Å². The van der Waals surface area contributed by atoms with E-state index in [1.54, 1.807) is 30.3 Å². The number of carbonyl (C=O) groups is 2. The highest BCUT2D eigenvalue weighted by Gasteiger charge is 2.42. The molecule has 0 saturated heterocycles. The van der Waals surface area contributed by atoms with Crippen LogP contribution < -0.4 is 0 Å². The lowest BCUT2D eigenvalue weighted by molar-refractivity contribution is -0.523. The summed E-state index contributed by atoms with van der Waals surface area (Å²) in [7, 11) is 0. The molecule has 0 bridgehead atoms. The van der Waals surface area contributed by atoms with Gasteiger partial charge in [-0.05, 0) is 12.5 Å². The standard InChI is InChI=1S/C19H18N2O6/c1-12(20(24)25)17(14-8-10-16(11-9-14)21(26)27)18(13(2)22)19(23)15-6-4-3-5-7-15/h3-12,17-18H,1-2H3/t12-,17-,18+/m1/s1. The van der Waals surface area contributed by atoms with E-state index in [9.17, 15) is 29.8 Å². The van der Waals surface area contributed by atoms with Crippen molar-refractivity contribution >= 4 is 17.3 Å². The van der Waals surface area contributed by atoms with Gasteiger partial charge in [-0.1, -0.05) is 42.5 Å². The molecule has 0 unspecified atom stereocenters. The van der Waals surface area contributed by atoms with Crippen LogP contribution >= 0.6 is 0 Å². The Morgan fingerprint density at radius 1 is 0.926 bits per heavy atom. The largest absolute Gasteiger partial charge is 0.299 e. The molecule has 0 aliphatic heterocycles. The number of benzene rings is 2. The maximum absolute atomic E-state index is 13.0. The third kappa shape index (κ3) is 4.41. The molecule has 2 aromatic carbocycles. The van der Waals surface area contributed by atoms with E-state index in [4.69, 9.17) is 0 Å². The molecule has 0 aromatic heterocycles. The van der Waals surface area contributed by atoms with Crippen molar-refractivity contribution in [3.8, 4) is 0 Å². The Morgan fingerprint density at radius 3 is 1.93 bits per heavy atom. The van der Waals surface area contributed by atoms with E-state index in [-0.39, 0.29) is 11.3 Å². The van der Waals surface area contributed by atoms with Crippen LogP contribution in [0.2, 0.25) is 0 Å². The average Bonchev–Trinajstić information content (AvgIpc) is 2.65. The van der Waals surface area contributed by atoms with Crippen LogP contribution in [0.15, 0.2) is 54.6 Å². The predicted octanol–water partition coefficient (Wildman–Crippen LogP) is 3.43. The average molecular weight is 370 g/mol. The molecule has 2 rings (SSSR count). The van der Waals surface area contributed by atoms with E-state index in [0.717, 1.165) is 0 Å². The Bertz CT molecular complexity index is 864. The molecule has 0 spiro atoms.